The second-order valence-electron chi connectivity index (χ2n) is 8.79. The summed E-state index contributed by atoms with van der Waals surface area (Å²) in [6.45, 7) is 5.86. The van der Waals surface area contributed by atoms with Gasteiger partial charge in [-0.05, 0) is 29.7 Å². The average molecular weight is 449 g/mol. The molecule has 2 heterocycles. The third kappa shape index (κ3) is 5.79. The molecule has 0 bridgehead atoms. The van der Waals surface area contributed by atoms with Crippen molar-refractivity contribution in [3.05, 3.63) is 65.7 Å². The number of benzene rings is 2. The van der Waals surface area contributed by atoms with Crippen molar-refractivity contribution in [2.45, 2.75) is 26.3 Å². The first-order valence-corrected chi connectivity index (χ1v) is 11.7. The summed E-state index contributed by atoms with van der Waals surface area (Å²) in [5.74, 6) is -0.255. The molecule has 3 amide bonds. The van der Waals surface area contributed by atoms with Crippen molar-refractivity contribution in [1.82, 2.24) is 15.1 Å². The van der Waals surface area contributed by atoms with Crippen LogP contribution in [0.4, 0.5) is 5.69 Å². The zero-order valence-corrected chi connectivity index (χ0v) is 19.2. The van der Waals surface area contributed by atoms with Crippen molar-refractivity contribution < 1.29 is 14.4 Å². The lowest BCUT2D eigenvalue weighted by Gasteiger charge is -2.35. The molecule has 2 saturated heterocycles. The van der Waals surface area contributed by atoms with E-state index >= 15 is 0 Å². The minimum Gasteiger partial charge on any atom is -0.351 e. The van der Waals surface area contributed by atoms with Gasteiger partial charge in [0.05, 0.1) is 12.5 Å². The van der Waals surface area contributed by atoms with Crippen molar-refractivity contribution in [2.24, 2.45) is 5.92 Å². The van der Waals surface area contributed by atoms with Crippen molar-refractivity contribution in [3.8, 4) is 0 Å². The lowest BCUT2D eigenvalue weighted by Crippen LogP contribution is -2.52. The summed E-state index contributed by atoms with van der Waals surface area (Å²) in [5.41, 5.74) is 3.13. The number of nitrogens with zero attached hydrogens (tertiary/aromatic N) is 3. The highest BCUT2D eigenvalue weighted by atomic mass is 16.2. The van der Waals surface area contributed by atoms with Gasteiger partial charge in [-0.3, -0.25) is 19.3 Å². The molecule has 174 valence electrons. The zero-order valence-electron chi connectivity index (χ0n) is 19.2. The highest BCUT2D eigenvalue weighted by Gasteiger charge is 2.38. The van der Waals surface area contributed by atoms with E-state index in [9.17, 15) is 14.4 Å². The van der Waals surface area contributed by atoms with Gasteiger partial charge in [0.15, 0.2) is 0 Å². The van der Waals surface area contributed by atoms with Crippen LogP contribution in [0, 0.1) is 5.92 Å². The monoisotopic (exact) mass is 448 g/mol. The number of aryl methyl sites for hydroxylation is 1. The number of carbonyl (C=O) groups excluding carboxylic acids is 3. The molecule has 0 aliphatic carbocycles. The lowest BCUT2D eigenvalue weighted by molar-refractivity contribution is -0.137. The fourth-order valence-corrected chi connectivity index (χ4v) is 4.51. The van der Waals surface area contributed by atoms with E-state index in [1.165, 1.54) is 5.56 Å². The maximum absolute atomic E-state index is 13.1. The minimum atomic E-state index is -0.302. The summed E-state index contributed by atoms with van der Waals surface area (Å²) in [7, 11) is 0. The SMILES string of the molecule is CCc1cccc(N2CC(C(=O)N3CCN(CC(=O)NCc4ccccc4)CC3)CC2=O)c1. The molecule has 1 N–H and O–H groups in total. The van der Waals surface area contributed by atoms with Crippen LogP contribution in [0.3, 0.4) is 0 Å². The van der Waals surface area contributed by atoms with E-state index in [0.29, 0.717) is 45.8 Å². The first-order chi connectivity index (χ1) is 16.0. The molecule has 2 aromatic rings. The molecule has 0 spiro atoms. The second-order valence-corrected chi connectivity index (χ2v) is 8.79. The largest absolute Gasteiger partial charge is 0.351 e. The van der Waals surface area contributed by atoms with Gasteiger partial charge in [0.1, 0.15) is 0 Å². The number of rotatable bonds is 7. The third-order valence-corrected chi connectivity index (χ3v) is 6.49. The number of nitrogens with one attached hydrogen (secondary N) is 1. The van der Waals surface area contributed by atoms with Crippen molar-refractivity contribution >= 4 is 23.4 Å². The fraction of sp³-hybridized carbons (Fsp3) is 0.423. The molecule has 0 saturated carbocycles. The van der Waals surface area contributed by atoms with Crippen molar-refractivity contribution in [2.75, 3.05) is 44.2 Å². The Labute approximate surface area is 195 Å². The average Bonchev–Trinajstić information content (AvgIpc) is 3.25. The van der Waals surface area contributed by atoms with E-state index in [2.05, 4.69) is 17.1 Å². The Morgan fingerprint density at radius 3 is 2.42 bits per heavy atom. The van der Waals surface area contributed by atoms with Crippen molar-refractivity contribution in [1.29, 1.82) is 0 Å². The van der Waals surface area contributed by atoms with Crippen molar-refractivity contribution in [3.63, 3.8) is 0 Å². The molecule has 1 atom stereocenters. The highest BCUT2D eigenvalue weighted by Crippen LogP contribution is 2.27. The number of hydrogen-bond acceptors (Lipinski definition) is 4. The van der Waals surface area contributed by atoms with Crippen LogP contribution < -0.4 is 10.2 Å². The molecule has 2 aromatic carbocycles. The van der Waals surface area contributed by atoms with Gasteiger partial charge >= 0.3 is 0 Å². The predicted octanol–water partition coefficient (Wildman–Crippen LogP) is 2.06. The Morgan fingerprint density at radius 1 is 0.970 bits per heavy atom. The topological polar surface area (TPSA) is 73.0 Å². The molecule has 1 unspecified atom stereocenters. The van der Waals surface area contributed by atoms with Crippen LogP contribution in [0.1, 0.15) is 24.5 Å². The predicted molar refractivity (Wildman–Crippen MR) is 128 cm³/mol. The van der Waals surface area contributed by atoms with Gasteiger partial charge in [0.2, 0.25) is 17.7 Å². The maximum atomic E-state index is 13.1. The summed E-state index contributed by atoms with van der Waals surface area (Å²) in [6.07, 6.45) is 1.17. The smallest absolute Gasteiger partial charge is 0.234 e. The summed E-state index contributed by atoms with van der Waals surface area (Å²) in [5, 5.41) is 2.95. The molecule has 7 nitrogen and oxygen atoms in total. The molecular formula is C26H32N4O3. The fourth-order valence-electron chi connectivity index (χ4n) is 4.51. The molecule has 2 fully saturated rings. The van der Waals surface area contributed by atoms with Gasteiger partial charge in [-0.1, -0.05) is 49.4 Å². The second kappa shape index (κ2) is 10.6. The Kier molecular flexibility index (Phi) is 7.40. The summed E-state index contributed by atoms with van der Waals surface area (Å²) in [4.78, 5) is 43.7. The van der Waals surface area contributed by atoms with Gasteiger partial charge < -0.3 is 15.1 Å². The molecule has 7 heteroatoms. The number of piperazine rings is 1. The normalized spacial score (nSPS) is 19.1. The van der Waals surface area contributed by atoms with Gasteiger partial charge in [0, 0.05) is 51.4 Å². The Balaban J connectivity index is 1.23. The summed E-state index contributed by atoms with van der Waals surface area (Å²) >= 11 is 0. The van der Waals surface area contributed by atoms with E-state index in [1.54, 1.807) is 4.90 Å². The Bertz CT molecular complexity index is 986. The molecule has 4 rings (SSSR count). The zero-order chi connectivity index (χ0) is 23.2. The van der Waals surface area contributed by atoms with Gasteiger partial charge in [-0.2, -0.15) is 0 Å². The summed E-state index contributed by atoms with van der Waals surface area (Å²) < 4.78 is 0. The van der Waals surface area contributed by atoms with Crippen LogP contribution in [-0.4, -0.2) is 66.8 Å². The first-order valence-electron chi connectivity index (χ1n) is 11.7. The summed E-state index contributed by atoms with van der Waals surface area (Å²) in [6, 6.07) is 17.8. The van der Waals surface area contributed by atoms with Crippen LogP contribution in [0.5, 0.6) is 0 Å². The van der Waals surface area contributed by atoms with Crippen LogP contribution in [0.25, 0.3) is 0 Å². The van der Waals surface area contributed by atoms with Crippen LogP contribution in [0.2, 0.25) is 0 Å². The van der Waals surface area contributed by atoms with E-state index in [-0.39, 0.29) is 30.1 Å². The molecule has 0 radical (unpaired) electrons. The molecule has 2 aliphatic rings. The van der Waals surface area contributed by atoms with E-state index in [0.717, 1.165) is 17.7 Å². The van der Waals surface area contributed by atoms with E-state index in [4.69, 9.17) is 0 Å². The van der Waals surface area contributed by atoms with E-state index < -0.39 is 0 Å². The quantitative estimate of drug-likeness (QED) is 0.704. The van der Waals surface area contributed by atoms with Gasteiger partial charge in [0.25, 0.3) is 0 Å². The molecule has 2 aliphatic heterocycles. The third-order valence-electron chi connectivity index (χ3n) is 6.49. The number of hydrogen-bond donors (Lipinski definition) is 1. The molecule has 33 heavy (non-hydrogen) atoms. The Morgan fingerprint density at radius 2 is 1.70 bits per heavy atom. The highest BCUT2D eigenvalue weighted by molar-refractivity contribution is 6.00. The standard InChI is InChI=1S/C26H32N4O3/c1-2-20-9-6-10-23(15-20)30-18-22(16-25(30)32)26(33)29-13-11-28(12-14-29)19-24(31)27-17-21-7-4-3-5-8-21/h3-10,15,22H,2,11-14,16-19H2,1H3,(H,27,31). The maximum Gasteiger partial charge on any atom is 0.234 e. The Hall–Kier alpha value is -3.19. The van der Waals surface area contributed by atoms with Gasteiger partial charge in [-0.15, -0.1) is 0 Å². The van der Waals surface area contributed by atoms with Gasteiger partial charge in [-0.25, -0.2) is 0 Å². The van der Waals surface area contributed by atoms with E-state index in [1.807, 2.05) is 59.5 Å². The van der Waals surface area contributed by atoms with Crippen LogP contribution >= 0.6 is 0 Å². The molecular weight excluding hydrogens is 416 g/mol. The number of anilines is 1. The van der Waals surface area contributed by atoms with Crippen LogP contribution in [0.15, 0.2) is 54.6 Å². The van der Waals surface area contributed by atoms with Crippen LogP contribution in [-0.2, 0) is 27.3 Å². The number of carbonyl (C=O) groups is 3. The number of amides is 3. The minimum absolute atomic E-state index is 0.00929. The first kappa shape index (κ1) is 23.0. The molecule has 0 aromatic heterocycles. The lowest BCUT2D eigenvalue weighted by atomic mass is 10.1.